The number of anilines is 1. The number of nitrogens with one attached hydrogen (secondary N) is 3. The molecule has 0 spiro atoms. The van der Waals surface area contributed by atoms with Crippen molar-refractivity contribution in [1.29, 1.82) is 0 Å². The second kappa shape index (κ2) is 10.2. The smallest absolute Gasteiger partial charge is 0.257 e. The number of H-pyrrole nitrogens is 1. The van der Waals surface area contributed by atoms with E-state index in [2.05, 4.69) is 15.6 Å². The number of benzene rings is 2. The molecule has 0 saturated heterocycles. The van der Waals surface area contributed by atoms with Gasteiger partial charge in [-0.1, -0.05) is 37.6 Å². The van der Waals surface area contributed by atoms with Gasteiger partial charge in [0.25, 0.3) is 5.91 Å². The molecule has 3 rings (SSSR count). The van der Waals surface area contributed by atoms with Crippen molar-refractivity contribution in [1.82, 2.24) is 14.6 Å². The molecule has 0 atom stereocenters. The van der Waals surface area contributed by atoms with E-state index in [4.69, 9.17) is 11.6 Å². The number of pyridine rings is 1. The molecule has 0 aliphatic carbocycles. The monoisotopic (exact) mass is 490 g/mol. The van der Waals surface area contributed by atoms with Crippen molar-refractivity contribution in [3.63, 3.8) is 0 Å². The number of aromatic nitrogens is 1. The first-order valence-electron chi connectivity index (χ1n) is 10.2. The zero-order chi connectivity index (χ0) is 24.2. The molecule has 0 radical (unpaired) electrons. The van der Waals surface area contributed by atoms with Crippen molar-refractivity contribution >= 4 is 50.0 Å². The molecular weight excluding hydrogens is 468 g/mol. The van der Waals surface area contributed by atoms with E-state index in [1.54, 1.807) is 38.1 Å². The Balaban J connectivity index is 1.71. The third-order valence-electron chi connectivity index (χ3n) is 4.98. The van der Waals surface area contributed by atoms with Crippen LogP contribution in [-0.4, -0.2) is 49.2 Å². The average Bonchev–Trinajstić information content (AvgIpc) is 2.79. The molecular formula is C22H23ClN4O5S. The van der Waals surface area contributed by atoms with Crippen LogP contribution in [-0.2, 0) is 14.8 Å². The number of rotatable bonds is 8. The Morgan fingerprint density at radius 2 is 1.79 bits per heavy atom. The van der Waals surface area contributed by atoms with Crippen LogP contribution in [0.4, 0.5) is 5.69 Å². The van der Waals surface area contributed by atoms with E-state index in [-0.39, 0.29) is 34.3 Å². The van der Waals surface area contributed by atoms with Crippen molar-refractivity contribution in [3.05, 3.63) is 69.5 Å². The minimum absolute atomic E-state index is 0.0312. The fraction of sp³-hybridized carbons (Fsp3) is 0.227. The van der Waals surface area contributed by atoms with Crippen molar-refractivity contribution in [2.45, 2.75) is 18.7 Å². The van der Waals surface area contributed by atoms with Gasteiger partial charge in [-0.3, -0.25) is 14.4 Å². The zero-order valence-electron chi connectivity index (χ0n) is 18.0. The molecule has 0 saturated carbocycles. The topological polar surface area (TPSA) is 128 Å². The number of sulfonamides is 1. The number of nitrogens with zero attached hydrogens (tertiary/aromatic N) is 1. The van der Waals surface area contributed by atoms with Gasteiger partial charge in [0, 0.05) is 35.9 Å². The van der Waals surface area contributed by atoms with Gasteiger partial charge in [0.2, 0.25) is 21.4 Å². The Kier molecular flexibility index (Phi) is 7.52. The van der Waals surface area contributed by atoms with Gasteiger partial charge in [0.15, 0.2) is 0 Å². The predicted molar refractivity (Wildman–Crippen MR) is 127 cm³/mol. The summed E-state index contributed by atoms with van der Waals surface area (Å²) in [4.78, 5) is 40.0. The highest BCUT2D eigenvalue weighted by Gasteiger charge is 2.25. The first-order valence-corrected chi connectivity index (χ1v) is 12.0. The van der Waals surface area contributed by atoms with Crippen LogP contribution in [0.5, 0.6) is 0 Å². The third kappa shape index (κ3) is 5.24. The maximum absolute atomic E-state index is 12.8. The lowest BCUT2D eigenvalue weighted by molar-refractivity contribution is -0.115. The highest BCUT2D eigenvalue weighted by Crippen LogP contribution is 2.27. The number of fused-ring (bicyclic) bond motifs is 1. The second-order valence-electron chi connectivity index (χ2n) is 7.04. The van der Waals surface area contributed by atoms with Crippen molar-refractivity contribution in [3.8, 4) is 0 Å². The molecule has 1 heterocycles. The van der Waals surface area contributed by atoms with E-state index in [0.29, 0.717) is 10.9 Å². The maximum Gasteiger partial charge on any atom is 0.257 e. The van der Waals surface area contributed by atoms with E-state index < -0.39 is 33.8 Å². The van der Waals surface area contributed by atoms with Gasteiger partial charge in [-0.2, -0.15) is 4.31 Å². The molecule has 0 fully saturated rings. The highest BCUT2D eigenvalue weighted by molar-refractivity contribution is 7.89. The van der Waals surface area contributed by atoms with Gasteiger partial charge in [0.1, 0.15) is 10.5 Å². The van der Waals surface area contributed by atoms with Crippen molar-refractivity contribution in [2.75, 3.05) is 25.0 Å². The van der Waals surface area contributed by atoms with Crippen LogP contribution in [0.15, 0.2) is 58.4 Å². The van der Waals surface area contributed by atoms with E-state index >= 15 is 0 Å². The minimum atomic E-state index is -3.83. The lowest BCUT2D eigenvalue weighted by atomic mass is 10.1. The Morgan fingerprint density at radius 1 is 1.09 bits per heavy atom. The minimum Gasteiger partial charge on any atom is -0.360 e. The van der Waals surface area contributed by atoms with E-state index in [1.807, 2.05) is 0 Å². The molecule has 11 heteroatoms. The lowest BCUT2D eigenvalue weighted by Crippen LogP contribution is -2.35. The summed E-state index contributed by atoms with van der Waals surface area (Å²) in [5, 5.41) is 5.31. The summed E-state index contributed by atoms with van der Waals surface area (Å²) in [6, 6.07) is 10.9. The van der Waals surface area contributed by atoms with Gasteiger partial charge >= 0.3 is 0 Å². The molecule has 2 aromatic carbocycles. The quantitative estimate of drug-likeness (QED) is 0.447. The predicted octanol–water partition coefficient (Wildman–Crippen LogP) is 2.58. The zero-order valence-corrected chi connectivity index (χ0v) is 19.6. The van der Waals surface area contributed by atoms with E-state index in [1.165, 1.54) is 28.7 Å². The summed E-state index contributed by atoms with van der Waals surface area (Å²) >= 11 is 6.09. The van der Waals surface area contributed by atoms with Crippen molar-refractivity contribution in [2.24, 2.45) is 0 Å². The van der Waals surface area contributed by atoms with E-state index in [0.717, 1.165) is 0 Å². The summed E-state index contributed by atoms with van der Waals surface area (Å²) in [6.45, 7) is 3.54. The maximum atomic E-state index is 12.8. The van der Waals surface area contributed by atoms with Gasteiger partial charge in [-0.15, -0.1) is 0 Å². The molecule has 174 valence electrons. The largest absolute Gasteiger partial charge is 0.360 e. The number of hydrogen-bond donors (Lipinski definition) is 3. The molecule has 3 N–H and O–H groups in total. The number of para-hydroxylation sites is 1. The molecule has 9 nitrogen and oxygen atoms in total. The summed E-state index contributed by atoms with van der Waals surface area (Å²) in [6.07, 6.45) is 1.29. The molecule has 1 aromatic heterocycles. The molecule has 2 amide bonds. The normalized spacial score (nSPS) is 11.5. The van der Waals surface area contributed by atoms with Gasteiger partial charge in [0.05, 0.1) is 11.6 Å². The van der Waals surface area contributed by atoms with Gasteiger partial charge < -0.3 is 15.6 Å². The van der Waals surface area contributed by atoms with Gasteiger partial charge in [-0.25, -0.2) is 8.42 Å². The fourth-order valence-electron chi connectivity index (χ4n) is 3.28. The first-order chi connectivity index (χ1) is 15.7. The third-order valence-corrected chi connectivity index (χ3v) is 7.51. The molecule has 0 unspecified atom stereocenters. The number of amides is 2. The molecule has 0 aliphatic heterocycles. The summed E-state index contributed by atoms with van der Waals surface area (Å²) in [5.74, 6) is -1.31. The van der Waals surface area contributed by atoms with Crippen LogP contribution < -0.4 is 16.1 Å². The molecule has 3 aromatic rings. The number of halogens is 1. The van der Waals surface area contributed by atoms with Gasteiger partial charge in [-0.05, 0) is 30.3 Å². The van der Waals surface area contributed by atoms with Crippen LogP contribution >= 0.6 is 11.6 Å². The number of carbonyl (C=O) groups excluding carboxylic acids is 2. The van der Waals surface area contributed by atoms with E-state index in [9.17, 15) is 22.8 Å². The molecule has 33 heavy (non-hydrogen) atoms. The second-order valence-corrected chi connectivity index (χ2v) is 9.36. The van der Waals surface area contributed by atoms with Crippen LogP contribution in [0, 0.1) is 0 Å². The Morgan fingerprint density at radius 3 is 2.48 bits per heavy atom. The first kappa shape index (κ1) is 24.4. The fourth-order valence-corrected chi connectivity index (χ4v) is 5.24. The number of hydrogen-bond acceptors (Lipinski definition) is 5. The molecule has 0 aliphatic rings. The summed E-state index contributed by atoms with van der Waals surface area (Å²) in [5.41, 5.74) is 0.217. The van der Waals surface area contributed by atoms with Crippen LogP contribution in [0.3, 0.4) is 0 Å². The average molecular weight is 491 g/mol. The Bertz CT molecular complexity index is 1370. The number of aromatic amines is 1. The highest BCUT2D eigenvalue weighted by atomic mass is 35.5. The summed E-state index contributed by atoms with van der Waals surface area (Å²) in [7, 11) is -3.83. The van der Waals surface area contributed by atoms with Crippen LogP contribution in [0.2, 0.25) is 5.02 Å². The summed E-state index contributed by atoms with van der Waals surface area (Å²) < 4.78 is 26.8. The SMILES string of the molecule is CCN(CC)S(=O)(=O)c1cc(NC(=O)CNC(=O)c2c[nH]c3ccccc3c2=O)ccc1Cl. The number of carbonyl (C=O) groups is 2. The van der Waals surface area contributed by atoms with Crippen LogP contribution in [0.1, 0.15) is 24.2 Å². The van der Waals surface area contributed by atoms with Crippen LogP contribution in [0.25, 0.3) is 10.9 Å². The molecule has 0 bridgehead atoms. The van der Waals surface area contributed by atoms with Crippen molar-refractivity contribution < 1.29 is 18.0 Å². The standard InChI is InChI=1S/C22H23ClN4O5S/c1-3-27(4-2)33(31,32)19-11-14(9-10-17(19)23)26-20(28)13-25-22(30)16-12-24-18-8-6-5-7-15(18)21(16)29/h5-12H,3-4,13H2,1-2H3,(H,24,29)(H,25,30)(H,26,28). The Hall–Kier alpha value is -3.21. The Labute approximate surface area is 195 Å². The lowest BCUT2D eigenvalue weighted by Gasteiger charge is -2.19.